The summed E-state index contributed by atoms with van der Waals surface area (Å²) in [4.78, 5) is 12.3. The highest BCUT2D eigenvalue weighted by atomic mass is 16.2. The minimum atomic E-state index is -0.0121. The van der Waals surface area contributed by atoms with E-state index in [0.717, 1.165) is 13.1 Å². The molecule has 1 saturated heterocycles. The quantitative estimate of drug-likeness (QED) is 0.803. The molecule has 1 amide bonds. The molecule has 2 N–H and O–H groups in total. The topological polar surface area (TPSA) is 41.1 Å². The standard InChI is InChI=1S/C15H26N2O/c1-15(2,10-6-4-3-5-7-10)17-14(18)13-11-8-16-9-12(11)13/h10-13,16H,3-9H2,1-2H3,(H,17,18)/t11-,12+,13+. The average Bonchev–Trinajstić information content (AvgIpc) is 2.85. The van der Waals surface area contributed by atoms with Crippen LogP contribution in [0.15, 0.2) is 0 Å². The second-order valence-electron chi connectivity index (χ2n) is 7.06. The molecular formula is C15H26N2O. The summed E-state index contributed by atoms with van der Waals surface area (Å²) in [5.74, 6) is 2.57. The summed E-state index contributed by atoms with van der Waals surface area (Å²) in [6, 6.07) is 0. The Morgan fingerprint density at radius 3 is 2.33 bits per heavy atom. The van der Waals surface area contributed by atoms with E-state index in [0.29, 0.717) is 29.6 Å². The van der Waals surface area contributed by atoms with Gasteiger partial charge in [-0.3, -0.25) is 4.79 Å². The first kappa shape index (κ1) is 12.5. The molecule has 1 aliphatic heterocycles. The van der Waals surface area contributed by atoms with Crippen molar-refractivity contribution in [3.8, 4) is 0 Å². The molecule has 0 aromatic heterocycles. The molecule has 3 heteroatoms. The van der Waals surface area contributed by atoms with Gasteiger partial charge in [0.25, 0.3) is 0 Å². The van der Waals surface area contributed by atoms with E-state index in [1.165, 1.54) is 32.1 Å². The minimum Gasteiger partial charge on any atom is -0.351 e. The van der Waals surface area contributed by atoms with Gasteiger partial charge in [-0.2, -0.15) is 0 Å². The summed E-state index contributed by atoms with van der Waals surface area (Å²) in [5.41, 5.74) is -0.0121. The van der Waals surface area contributed by atoms with E-state index in [1.54, 1.807) is 0 Å². The summed E-state index contributed by atoms with van der Waals surface area (Å²) in [5, 5.41) is 6.70. The van der Waals surface area contributed by atoms with Crippen molar-refractivity contribution >= 4 is 5.91 Å². The van der Waals surface area contributed by atoms with Crippen molar-refractivity contribution in [2.45, 2.75) is 51.5 Å². The SMILES string of the molecule is CC(C)(NC(=O)[C@H]1[C@@H]2CNC[C@@H]21)C1CCCCC1. The third-order valence-corrected chi connectivity index (χ3v) is 5.47. The number of amides is 1. The molecule has 2 aliphatic carbocycles. The van der Waals surface area contributed by atoms with Crippen LogP contribution in [-0.4, -0.2) is 24.5 Å². The fraction of sp³-hybridized carbons (Fsp3) is 0.933. The predicted octanol–water partition coefficient (Wildman–Crippen LogP) is 1.93. The van der Waals surface area contributed by atoms with Crippen LogP contribution in [-0.2, 0) is 4.79 Å². The van der Waals surface area contributed by atoms with Gasteiger partial charge >= 0.3 is 0 Å². The smallest absolute Gasteiger partial charge is 0.224 e. The summed E-state index contributed by atoms with van der Waals surface area (Å²) < 4.78 is 0. The predicted molar refractivity (Wildman–Crippen MR) is 72.1 cm³/mol. The van der Waals surface area contributed by atoms with Crippen LogP contribution in [0.2, 0.25) is 0 Å². The maximum Gasteiger partial charge on any atom is 0.224 e. The zero-order valence-corrected chi connectivity index (χ0v) is 11.7. The van der Waals surface area contributed by atoms with Gasteiger partial charge in [0.2, 0.25) is 5.91 Å². The normalized spacial score (nSPS) is 36.2. The second-order valence-corrected chi connectivity index (χ2v) is 7.06. The van der Waals surface area contributed by atoms with Crippen molar-refractivity contribution in [1.29, 1.82) is 0 Å². The number of hydrogen-bond acceptors (Lipinski definition) is 2. The lowest BCUT2D eigenvalue weighted by molar-refractivity contribution is -0.125. The summed E-state index contributed by atoms with van der Waals surface area (Å²) >= 11 is 0. The molecule has 0 aromatic carbocycles. The molecule has 3 aliphatic rings. The lowest BCUT2D eigenvalue weighted by Crippen LogP contribution is -2.50. The highest BCUT2D eigenvalue weighted by Crippen LogP contribution is 2.49. The summed E-state index contributed by atoms with van der Waals surface area (Å²) in [7, 11) is 0. The number of hydrogen-bond donors (Lipinski definition) is 2. The molecule has 2 saturated carbocycles. The zero-order valence-electron chi connectivity index (χ0n) is 11.7. The van der Waals surface area contributed by atoms with Gasteiger partial charge in [-0.25, -0.2) is 0 Å². The lowest BCUT2D eigenvalue weighted by atomic mass is 9.76. The highest BCUT2D eigenvalue weighted by molar-refractivity contribution is 5.83. The number of carbonyl (C=O) groups excluding carboxylic acids is 1. The first-order valence-electron chi connectivity index (χ1n) is 7.62. The third-order valence-electron chi connectivity index (χ3n) is 5.47. The molecule has 0 radical (unpaired) electrons. The van der Waals surface area contributed by atoms with E-state index in [-0.39, 0.29) is 5.54 Å². The summed E-state index contributed by atoms with van der Waals surface area (Å²) in [6.45, 7) is 6.54. The van der Waals surface area contributed by atoms with Gasteiger partial charge in [-0.1, -0.05) is 19.3 Å². The maximum absolute atomic E-state index is 12.3. The van der Waals surface area contributed by atoms with Crippen molar-refractivity contribution in [1.82, 2.24) is 10.6 Å². The van der Waals surface area contributed by atoms with E-state index in [4.69, 9.17) is 0 Å². The van der Waals surface area contributed by atoms with E-state index in [1.807, 2.05) is 0 Å². The Kier molecular flexibility index (Phi) is 3.13. The zero-order chi connectivity index (χ0) is 12.8. The van der Waals surface area contributed by atoms with Crippen LogP contribution in [0.25, 0.3) is 0 Å². The molecule has 0 unspecified atom stereocenters. The molecule has 3 fully saturated rings. The molecular weight excluding hydrogens is 224 g/mol. The Hall–Kier alpha value is -0.570. The maximum atomic E-state index is 12.3. The first-order chi connectivity index (χ1) is 8.59. The molecule has 0 spiro atoms. The Labute approximate surface area is 110 Å². The van der Waals surface area contributed by atoms with Crippen LogP contribution in [0, 0.1) is 23.7 Å². The monoisotopic (exact) mass is 250 g/mol. The van der Waals surface area contributed by atoms with Crippen molar-refractivity contribution in [2.75, 3.05) is 13.1 Å². The van der Waals surface area contributed by atoms with Crippen molar-refractivity contribution < 1.29 is 4.79 Å². The number of piperidine rings is 1. The van der Waals surface area contributed by atoms with Gasteiger partial charge in [0.15, 0.2) is 0 Å². The van der Waals surface area contributed by atoms with Crippen molar-refractivity contribution in [2.24, 2.45) is 23.7 Å². The van der Waals surface area contributed by atoms with Crippen LogP contribution in [0.3, 0.4) is 0 Å². The summed E-state index contributed by atoms with van der Waals surface area (Å²) in [6.07, 6.45) is 6.61. The molecule has 0 aromatic rings. The molecule has 3 rings (SSSR count). The number of nitrogens with one attached hydrogen (secondary N) is 2. The molecule has 102 valence electrons. The van der Waals surface area contributed by atoms with Crippen LogP contribution in [0.5, 0.6) is 0 Å². The number of rotatable bonds is 3. The van der Waals surface area contributed by atoms with E-state index in [9.17, 15) is 4.79 Å². The fourth-order valence-electron chi connectivity index (χ4n) is 4.13. The van der Waals surface area contributed by atoms with E-state index in [2.05, 4.69) is 24.5 Å². The number of fused-ring (bicyclic) bond motifs is 1. The van der Waals surface area contributed by atoms with Gasteiger partial charge < -0.3 is 10.6 Å². The third kappa shape index (κ3) is 2.18. The Balaban J connectivity index is 1.56. The Bertz CT molecular complexity index is 323. The van der Waals surface area contributed by atoms with Gasteiger partial charge in [-0.15, -0.1) is 0 Å². The molecule has 18 heavy (non-hydrogen) atoms. The Morgan fingerprint density at radius 1 is 1.11 bits per heavy atom. The van der Waals surface area contributed by atoms with E-state index < -0.39 is 0 Å². The van der Waals surface area contributed by atoms with Gasteiger partial charge in [0.1, 0.15) is 0 Å². The van der Waals surface area contributed by atoms with Gasteiger partial charge in [0, 0.05) is 11.5 Å². The highest BCUT2D eigenvalue weighted by Gasteiger charge is 2.57. The van der Waals surface area contributed by atoms with Gasteiger partial charge in [-0.05, 0) is 57.5 Å². The van der Waals surface area contributed by atoms with Crippen molar-refractivity contribution in [3.63, 3.8) is 0 Å². The second kappa shape index (κ2) is 4.52. The largest absolute Gasteiger partial charge is 0.351 e. The first-order valence-corrected chi connectivity index (χ1v) is 7.62. The molecule has 0 bridgehead atoms. The molecule has 1 heterocycles. The van der Waals surface area contributed by atoms with Crippen LogP contribution in [0.1, 0.15) is 46.0 Å². The number of carbonyl (C=O) groups is 1. The van der Waals surface area contributed by atoms with Gasteiger partial charge in [0.05, 0.1) is 0 Å². The lowest BCUT2D eigenvalue weighted by Gasteiger charge is -2.38. The molecule has 3 nitrogen and oxygen atoms in total. The average molecular weight is 250 g/mol. The minimum absolute atomic E-state index is 0.0121. The van der Waals surface area contributed by atoms with E-state index >= 15 is 0 Å². The van der Waals surface area contributed by atoms with Crippen LogP contribution >= 0.6 is 0 Å². The van der Waals surface area contributed by atoms with Crippen molar-refractivity contribution in [3.05, 3.63) is 0 Å². The van der Waals surface area contributed by atoms with Crippen LogP contribution < -0.4 is 10.6 Å². The Morgan fingerprint density at radius 2 is 1.72 bits per heavy atom. The van der Waals surface area contributed by atoms with Crippen LogP contribution in [0.4, 0.5) is 0 Å². The fourth-order valence-corrected chi connectivity index (χ4v) is 4.13. The molecule has 3 atom stereocenters.